The number of hydrogen-bond donors (Lipinski definition) is 1. The van der Waals surface area contributed by atoms with Gasteiger partial charge in [-0.05, 0) is 38.5 Å². The number of rotatable bonds is 13. The number of carboxylic acids is 1. The van der Waals surface area contributed by atoms with Gasteiger partial charge in [0.1, 0.15) is 0 Å². The molecule has 0 spiro atoms. The maximum Gasteiger partial charge on any atom is 0.303 e. The Hall–Kier alpha value is -0.804. The summed E-state index contributed by atoms with van der Waals surface area (Å²) in [5, 5.41) is 8.50. The fraction of sp³-hybridized carbons (Fsp3) is 0.611. The summed E-state index contributed by atoms with van der Waals surface area (Å²) in [5.74, 6) is -0.675. The summed E-state index contributed by atoms with van der Waals surface area (Å²) >= 11 is 0. The van der Waals surface area contributed by atoms with Gasteiger partial charge in [-0.15, -0.1) is 0 Å². The molecule has 0 aliphatic heterocycles. The van der Waals surface area contributed by atoms with Crippen LogP contribution in [0, 0.1) is 0 Å². The van der Waals surface area contributed by atoms with Crippen molar-refractivity contribution in [2.75, 3.05) is 0 Å². The van der Waals surface area contributed by atoms with Crippen molar-refractivity contribution in [1.82, 2.24) is 0 Å². The van der Waals surface area contributed by atoms with E-state index in [9.17, 15) is 4.79 Å². The average Bonchev–Trinajstić information content (AvgIpc) is 2.43. The van der Waals surface area contributed by atoms with Crippen LogP contribution in [0.15, 0.2) is 36.5 Å². The first-order valence-electron chi connectivity index (χ1n) is 7.94. The Balaban J connectivity index is 0. The number of allylic oxidation sites excluding steroid dienone is 6. The van der Waals surface area contributed by atoms with E-state index in [2.05, 4.69) is 43.4 Å². The second kappa shape index (κ2) is 19.2. The van der Waals surface area contributed by atoms with Crippen molar-refractivity contribution in [1.29, 1.82) is 0 Å². The van der Waals surface area contributed by atoms with Crippen LogP contribution in [0.5, 0.6) is 0 Å². The van der Waals surface area contributed by atoms with E-state index >= 15 is 0 Å². The van der Waals surface area contributed by atoms with Crippen LogP contribution < -0.4 is 0 Å². The van der Waals surface area contributed by atoms with Crippen molar-refractivity contribution in [3.05, 3.63) is 36.5 Å². The second-order valence-electron chi connectivity index (χ2n) is 4.99. The van der Waals surface area contributed by atoms with Gasteiger partial charge in [0.15, 0.2) is 0 Å². The molecule has 0 aromatic rings. The minimum Gasteiger partial charge on any atom is -0.481 e. The van der Waals surface area contributed by atoms with Crippen LogP contribution in [-0.2, 0) is 21.6 Å². The molecule has 0 atom stereocenters. The Labute approximate surface area is 140 Å². The van der Waals surface area contributed by atoms with Crippen LogP contribution in [0.25, 0.3) is 0 Å². The maximum absolute atomic E-state index is 10.3. The van der Waals surface area contributed by atoms with E-state index in [1.54, 1.807) is 0 Å². The van der Waals surface area contributed by atoms with Gasteiger partial charge in [-0.2, -0.15) is 0 Å². The van der Waals surface area contributed by atoms with E-state index in [1.165, 1.54) is 12.8 Å². The molecule has 0 amide bonds. The Bertz CT molecular complexity index is 306. The van der Waals surface area contributed by atoms with Crippen molar-refractivity contribution in [3.63, 3.8) is 0 Å². The van der Waals surface area contributed by atoms with E-state index in [0.29, 0.717) is 6.42 Å². The van der Waals surface area contributed by atoms with Crippen molar-refractivity contribution >= 4 is 5.97 Å². The molecule has 0 aliphatic rings. The summed E-state index contributed by atoms with van der Waals surface area (Å²) in [5.41, 5.74) is 0. The molecule has 0 heterocycles. The van der Waals surface area contributed by atoms with Gasteiger partial charge in [-0.1, -0.05) is 62.6 Å². The Morgan fingerprint density at radius 3 is 1.95 bits per heavy atom. The summed E-state index contributed by atoms with van der Waals surface area (Å²) < 4.78 is 0. The van der Waals surface area contributed by atoms with E-state index < -0.39 is 5.97 Å². The second-order valence-corrected chi connectivity index (χ2v) is 4.99. The summed E-state index contributed by atoms with van der Waals surface area (Å²) in [6.45, 7) is 2.15. The topological polar surface area (TPSA) is 37.3 Å². The van der Waals surface area contributed by atoms with Gasteiger partial charge in [0, 0.05) is 23.2 Å². The van der Waals surface area contributed by atoms with Gasteiger partial charge >= 0.3 is 5.97 Å². The number of carbonyl (C=O) groups is 1. The number of aliphatic carboxylic acids is 1. The van der Waals surface area contributed by atoms with Crippen molar-refractivity contribution in [3.8, 4) is 0 Å². The molecule has 0 aromatic heterocycles. The molecule has 0 unspecified atom stereocenters. The van der Waals surface area contributed by atoms with E-state index in [4.69, 9.17) is 5.11 Å². The molecule has 0 fully saturated rings. The molecule has 2 nitrogen and oxygen atoms in total. The van der Waals surface area contributed by atoms with Crippen LogP contribution in [0.1, 0.15) is 71.1 Å². The zero-order valence-electron chi connectivity index (χ0n) is 13.2. The third-order valence-corrected chi connectivity index (χ3v) is 3.04. The third kappa shape index (κ3) is 21.6. The molecule has 21 heavy (non-hydrogen) atoms. The van der Waals surface area contributed by atoms with Gasteiger partial charge in [0.05, 0.1) is 0 Å². The number of carboxylic acid groups (broad SMARTS) is 1. The molecule has 1 N–H and O–H groups in total. The Morgan fingerprint density at radius 2 is 1.33 bits per heavy atom. The smallest absolute Gasteiger partial charge is 0.303 e. The molecule has 0 saturated heterocycles. The van der Waals surface area contributed by atoms with Gasteiger partial charge in [-0.3, -0.25) is 4.79 Å². The molecule has 1 radical (unpaired) electrons. The molecule has 0 rings (SSSR count). The molecule has 0 aromatic carbocycles. The average molecular weight is 337 g/mol. The Kier molecular flexibility index (Phi) is 20.5. The SMILES string of the molecule is CC/C=C\C/C=C\C/C=C\CCCCCCCC(=O)O.[Co]. The predicted octanol–water partition coefficient (Wildman–Crippen LogP) is 5.66. The van der Waals surface area contributed by atoms with Crippen molar-refractivity contribution < 1.29 is 26.7 Å². The molecular weight excluding hydrogens is 307 g/mol. The summed E-state index contributed by atoms with van der Waals surface area (Å²) in [6.07, 6.45) is 23.4. The van der Waals surface area contributed by atoms with Gasteiger partial charge in [-0.25, -0.2) is 0 Å². The Morgan fingerprint density at radius 1 is 0.810 bits per heavy atom. The summed E-state index contributed by atoms with van der Waals surface area (Å²) in [7, 11) is 0. The van der Waals surface area contributed by atoms with Crippen LogP contribution >= 0.6 is 0 Å². The van der Waals surface area contributed by atoms with Crippen molar-refractivity contribution in [2.45, 2.75) is 71.1 Å². The first-order valence-corrected chi connectivity index (χ1v) is 7.94. The van der Waals surface area contributed by atoms with Crippen LogP contribution in [-0.4, -0.2) is 11.1 Å². The van der Waals surface area contributed by atoms with Crippen LogP contribution in [0.3, 0.4) is 0 Å². The fourth-order valence-electron chi connectivity index (χ4n) is 1.90. The molecular formula is C18H30CoO2. The largest absolute Gasteiger partial charge is 0.481 e. The minimum absolute atomic E-state index is 0. The minimum atomic E-state index is -0.675. The fourth-order valence-corrected chi connectivity index (χ4v) is 1.90. The van der Waals surface area contributed by atoms with Gasteiger partial charge < -0.3 is 5.11 Å². The molecule has 3 heteroatoms. The monoisotopic (exact) mass is 337 g/mol. The van der Waals surface area contributed by atoms with E-state index in [-0.39, 0.29) is 16.8 Å². The first-order chi connectivity index (χ1) is 9.77. The van der Waals surface area contributed by atoms with E-state index in [0.717, 1.165) is 44.9 Å². The zero-order chi connectivity index (χ0) is 14.9. The summed E-state index contributed by atoms with van der Waals surface area (Å²) in [6, 6.07) is 0. The van der Waals surface area contributed by atoms with Crippen molar-refractivity contribution in [2.24, 2.45) is 0 Å². The third-order valence-electron chi connectivity index (χ3n) is 3.04. The molecule has 0 saturated carbocycles. The van der Waals surface area contributed by atoms with E-state index in [1.807, 2.05) is 0 Å². The zero-order valence-corrected chi connectivity index (χ0v) is 14.3. The number of unbranched alkanes of at least 4 members (excludes halogenated alkanes) is 5. The molecule has 123 valence electrons. The quantitative estimate of drug-likeness (QED) is 0.348. The van der Waals surface area contributed by atoms with Gasteiger partial charge in [0.2, 0.25) is 0 Å². The molecule has 0 aliphatic carbocycles. The van der Waals surface area contributed by atoms with Gasteiger partial charge in [0.25, 0.3) is 0 Å². The van der Waals surface area contributed by atoms with Crippen LogP contribution in [0.4, 0.5) is 0 Å². The maximum atomic E-state index is 10.3. The number of hydrogen-bond acceptors (Lipinski definition) is 1. The summed E-state index contributed by atoms with van der Waals surface area (Å²) in [4.78, 5) is 10.3. The van der Waals surface area contributed by atoms with Crippen LogP contribution in [0.2, 0.25) is 0 Å². The normalized spacial score (nSPS) is 11.5. The first kappa shape index (κ1) is 22.5. The standard InChI is InChI=1S/C18H30O2.Co/c1-2-3-4-5-6-7-8-9-10-11-12-13-14-15-16-17-18(19)20;/h3-4,6-7,9-10H,2,5,8,11-17H2,1H3,(H,19,20);/b4-3-,7-6-,10-9-;. The molecule has 0 bridgehead atoms. The predicted molar refractivity (Wildman–Crippen MR) is 86.9 cm³/mol.